The molecule has 0 saturated carbocycles. The minimum Gasteiger partial charge on any atom is -0.493 e. The molecule has 0 amide bonds. The fraction of sp³-hybridized carbons (Fsp3) is 0.500. The molecule has 0 aliphatic heterocycles. The Kier molecular flexibility index (Phi) is 5.12. The van der Waals surface area contributed by atoms with Crippen LogP contribution in [-0.2, 0) is 0 Å². The molecule has 0 radical (unpaired) electrons. The van der Waals surface area contributed by atoms with Crippen LogP contribution in [0.25, 0.3) is 0 Å². The van der Waals surface area contributed by atoms with Crippen molar-refractivity contribution in [2.45, 2.75) is 32.8 Å². The molecular weight excluding hydrogens is 256 g/mol. The standard InChI is InChI=1S/C12H17BrO2/c1-3-5-11(14)10-8-9(13)6-7-12(10)15-4-2/h6-8,11,14H,3-5H2,1-2H3. The lowest BCUT2D eigenvalue weighted by Gasteiger charge is -2.15. The van der Waals surface area contributed by atoms with E-state index in [1.807, 2.05) is 25.1 Å². The van der Waals surface area contributed by atoms with Crippen molar-refractivity contribution in [2.75, 3.05) is 6.61 Å². The maximum atomic E-state index is 9.95. The zero-order valence-corrected chi connectivity index (χ0v) is 10.8. The van der Waals surface area contributed by atoms with Gasteiger partial charge in [-0.05, 0) is 31.5 Å². The van der Waals surface area contributed by atoms with E-state index < -0.39 is 6.10 Å². The third-order valence-corrected chi connectivity index (χ3v) is 2.69. The number of ether oxygens (including phenoxy) is 1. The third kappa shape index (κ3) is 3.50. The van der Waals surface area contributed by atoms with Crippen LogP contribution in [0, 0.1) is 0 Å². The lowest BCUT2D eigenvalue weighted by Crippen LogP contribution is -2.02. The van der Waals surface area contributed by atoms with Crippen LogP contribution in [0.5, 0.6) is 5.75 Å². The van der Waals surface area contributed by atoms with Gasteiger partial charge in [-0.15, -0.1) is 0 Å². The smallest absolute Gasteiger partial charge is 0.125 e. The maximum Gasteiger partial charge on any atom is 0.125 e. The van der Waals surface area contributed by atoms with Crippen molar-refractivity contribution < 1.29 is 9.84 Å². The Morgan fingerprint density at radius 2 is 2.13 bits per heavy atom. The highest BCUT2D eigenvalue weighted by Crippen LogP contribution is 2.30. The summed E-state index contributed by atoms with van der Waals surface area (Å²) >= 11 is 3.40. The Morgan fingerprint density at radius 3 is 2.73 bits per heavy atom. The van der Waals surface area contributed by atoms with Gasteiger partial charge < -0.3 is 9.84 Å². The van der Waals surface area contributed by atoms with Gasteiger partial charge >= 0.3 is 0 Å². The van der Waals surface area contributed by atoms with Crippen molar-refractivity contribution in [3.63, 3.8) is 0 Å². The van der Waals surface area contributed by atoms with Crippen LogP contribution in [0.1, 0.15) is 38.4 Å². The molecule has 1 aromatic rings. The van der Waals surface area contributed by atoms with Gasteiger partial charge in [0.15, 0.2) is 0 Å². The van der Waals surface area contributed by atoms with Gasteiger partial charge in [0.1, 0.15) is 5.75 Å². The Labute approximate surface area is 99.4 Å². The van der Waals surface area contributed by atoms with E-state index in [0.29, 0.717) is 6.61 Å². The van der Waals surface area contributed by atoms with Crippen molar-refractivity contribution >= 4 is 15.9 Å². The van der Waals surface area contributed by atoms with E-state index in [0.717, 1.165) is 28.6 Å². The summed E-state index contributed by atoms with van der Waals surface area (Å²) in [6, 6.07) is 5.74. The van der Waals surface area contributed by atoms with Crippen molar-refractivity contribution in [3.05, 3.63) is 28.2 Å². The van der Waals surface area contributed by atoms with E-state index in [1.54, 1.807) is 0 Å². The Hall–Kier alpha value is -0.540. The Bertz CT molecular complexity index is 312. The first-order chi connectivity index (χ1) is 7.19. The molecule has 3 heteroatoms. The van der Waals surface area contributed by atoms with Crippen molar-refractivity contribution in [1.29, 1.82) is 0 Å². The quantitative estimate of drug-likeness (QED) is 0.886. The second kappa shape index (κ2) is 6.13. The minimum absolute atomic E-state index is 0.436. The number of hydrogen-bond acceptors (Lipinski definition) is 2. The summed E-state index contributed by atoms with van der Waals surface area (Å²) in [5.74, 6) is 0.779. The molecule has 84 valence electrons. The Morgan fingerprint density at radius 1 is 1.40 bits per heavy atom. The number of benzene rings is 1. The fourth-order valence-electron chi connectivity index (χ4n) is 1.50. The highest BCUT2D eigenvalue weighted by atomic mass is 79.9. The van der Waals surface area contributed by atoms with E-state index in [9.17, 15) is 5.11 Å². The molecule has 1 unspecified atom stereocenters. The highest BCUT2D eigenvalue weighted by Gasteiger charge is 2.12. The molecule has 1 aromatic carbocycles. The van der Waals surface area contributed by atoms with Crippen LogP contribution in [0.4, 0.5) is 0 Å². The van der Waals surface area contributed by atoms with Crippen LogP contribution in [0.2, 0.25) is 0 Å². The molecule has 0 bridgehead atoms. The number of aliphatic hydroxyl groups excluding tert-OH is 1. The molecule has 0 fully saturated rings. The van der Waals surface area contributed by atoms with Crippen LogP contribution in [0.15, 0.2) is 22.7 Å². The van der Waals surface area contributed by atoms with Crippen LogP contribution in [-0.4, -0.2) is 11.7 Å². The molecule has 1 atom stereocenters. The van der Waals surface area contributed by atoms with Gasteiger partial charge in [0, 0.05) is 10.0 Å². The van der Waals surface area contributed by atoms with Crippen molar-refractivity contribution in [2.24, 2.45) is 0 Å². The summed E-state index contributed by atoms with van der Waals surface area (Å²) in [4.78, 5) is 0. The molecule has 0 aromatic heterocycles. The molecule has 0 spiro atoms. The summed E-state index contributed by atoms with van der Waals surface area (Å²) in [6.07, 6.45) is 1.28. The van der Waals surface area contributed by atoms with Crippen LogP contribution >= 0.6 is 15.9 Å². The Balaban J connectivity index is 2.95. The SMILES string of the molecule is CCCC(O)c1cc(Br)ccc1OCC. The third-order valence-electron chi connectivity index (χ3n) is 2.19. The zero-order chi connectivity index (χ0) is 11.3. The summed E-state index contributed by atoms with van der Waals surface area (Å²) < 4.78 is 6.45. The molecule has 1 N–H and O–H groups in total. The monoisotopic (exact) mass is 272 g/mol. The normalized spacial score (nSPS) is 12.5. The second-order valence-electron chi connectivity index (χ2n) is 3.42. The second-order valence-corrected chi connectivity index (χ2v) is 4.34. The average molecular weight is 273 g/mol. The number of aliphatic hydroxyl groups is 1. The molecule has 0 aliphatic carbocycles. The first-order valence-corrected chi connectivity index (χ1v) is 6.08. The van der Waals surface area contributed by atoms with Gasteiger partial charge in [-0.2, -0.15) is 0 Å². The first kappa shape index (κ1) is 12.5. The number of hydrogen-bond donors (Lipinski definition) is 1. The number of rotatable bonds is 5. The minimum atomic E-state index is -0.436. The van der Waals surface area contributed by atoms with Gasteiger partial charge in [0.25, 0.3) is 0 Å². The highest BCUT2D eigenvalue weighted by molar-refractivity contribution is 9.10. The van der Waals surface area contributed by atoms with E-state index in [-0.39, 0.29) is 0 Å². The van der Waals surface area contributed by atoms with Gasteiger partial charge in [0.2, 0.25) is 0 Å². The first-order valence-electron chi connectivity index (χ1n) is 5.29. The summed E-state index contributed by atoms with van der Waals surface area (Å²) in [6.45, 7) is 4.62. The lowest BCUT2D eigenvalue weighted by atomic mass is 10.0. The van der Waals surface area contributed by atoms with Gasteiger partial charge in [-0.3, -0.25) is 0 Å². The predicted octanol–water partition coefficient (Wildman–Crippen LogP) is 3.68. The molecule has 0 saturated heterocycles. The molecule has 15 heavy (non-hydrogen) atoms. The molecule has 2 nitrogen and oxygen atoms in total. The van der Waals surface area contributed by atoms with E-state index in [2.05, 4.69) is 22.9 Å². The van der Waals surface area contributed by atoms with Crippen molar-refractivity contribution in [1.82, 2.24) is 0 Å². The van der Waals surface area contributed by atoms with Gasteiger partial charge in [0.05, 0.1) is 12.7 Å². The van der Waals surface area contributed by atoms with E-state index >= 15 is 0 Å². The largest absolute Gasteiger partial charge is 0.493 e. The van der Waals surface area contributed by atoms with Crippen molar-refractivity contribution in [3.8, 4) is 5.75 Å². The van der Waals surface area contributed by atoms with E-state index in [4.69, 9.17) is 4.74 Å². The molecule has 0 aliphatic rings. The van der Waals surface area contributed by atoms with Crippen LogP contribution < -0.4 is 4.74 Å². The van der Waals surface area contributed by atoms with E-state index in [1.165, 1.54) is 0 Å². The van der Waals surface area contributed by atoms with Gasteiger partial charge in [-0.1, -0.05) is 29.3 Å². The number of halogens is 1. The van der Waals surface area contributed by atoms with Crippen LogP contribution in [0.3, 0.4) is 0 Å². The molecule has 0 heterocycles. The fourth-order valence-corrected chi connectivity index (χ4v) is 1.87. The maximum absolute atomic E-state index is 9.95. The summed E-state index contributed by atoms with van der Waals surface area (Å²) in [7, 11) is 0. The predicted molar refractivity (Wildman–Crippen MR) is 65.2 cm³/mol. The average Bonchev–Trinajstić information content (AvgIpc) is 2.21. The molecule has 1 rings (SSSR count). The lowest BCUT2D eigenvalue weighted by molar-refractivity contribution is 0.161. The molecular formula is C12H17BrO2. The summed E-state index contributed by atoms with van der Waals surface area (Å²) in [5.41, 5.74) is 0.869. The summed E-state index contributed by atoms with van der Waals surface area (Å²) in [5, 5.41) is 9.95. The van der Waals surface area contributed by atoms with Gasteiger partial charge in [-0.25, -0.2) is 0 Å². The topological polar surface area (TPSA) is 29.5 Å². The zero-order valence-electron chi connectivity index (χ0n) is 9.16.